The van der Waals surface area contributed by atoms with Crippen LogP contribution in [0.5, 0.6) is 0 Å². The predicted octanol–water partition coefficient (Wildman–Crippen LogP) is 4.18. The number of thiazole rings is 1. The van der Waals surface area contributed by atoms with Gasteiger partial charge in [-0.3, -0.25) is 19.3 Å². The molecule has 3 fully saturated rings. The number of thioether (sulfide) groups is 1. The lowest BCUT2D eigenvalue weighted by atomic mass is 9.69. The molecule has 3 aromatic rings. The van der Waals surface area contributed by atoms with Gasteiger partial charge in [0, 0.05) is 20.9 Å². The number of aromatic amines is 1. The summed E-state index contributed by atoms with van der Waals surface area (Å²) < 4.78 is 0. The number of benzene rings is 1. The Balaban J connectivity index is 1.34. The second-order valence-corrected chi connectivity index (χ2v) is 12.0. The van der Waals surface area contributed by atoms with E-state index in [0.717, 1.165) is 16.3 Å². The number of imide groups is 1. The predicted molar refractivity (Wildman–Crippen MR) is 122 cm³/mol. The van der Waals surface area contributed by atoms with Gasteiger partial charge in [0.25, 0.3) is 0 Å². The molecule has 4 aliphatic rings. The Morgan fingerprint density at radius 1 is 0.935 bits per heavy atom. The van der Waals surface area contributed by atoms with Crippen molar-refractivity contribution in [3.63, 3.8) is 0 Å². The van der Waals surface area contributed by atoms with Crippen molar-refractivity contribution in [1.29, 1.82) is 0 Å². The average molecular weight is 467 g/mol. The second-order valence-electron chi connectivity index (χ2n) is 8.82. The normalized spacial score (nSPS) is 35.4. The van der Waals surface area contributed by atoms with Crippen molar-refractivity contribution < 1.29 is 9.59 Å². The quantitative estimate of drug-likeness (QED) is 0.576. The molecule has 2 aliphatic carbocycles. The molecule has 31 heavy (non-hydrogen) atoms. The van der Waals surface area contributed by atoms with Crippen molar-refractivity contribution in [2.24, 2.45) is 29.6 Å². The minimum Gasteiger partial charge on any atom is -0.307 e. The number of thiophene rings is 1. The summed E-state index contributed by atoms with van der Waals surface area (Å²) in [6.45, 7) is 0. The molecule has 8 heteroatoms. The van der Waals surface area contributed by atoms with E-state index in [1.165, 1.54) is 21.1 Å². The van der Waals surface area contributed by atoms with Crippen molar-refractivity contribution in [1.82, 2.24) is 4.98 Å². The van der Waals surface area contributed by atoms with E-state index in [-0.39, 0.29) is 57.4 Å². The van der Waals surface area contributed by atoms with Gasteiger partial charge < -0.3 is 4.98 Å². The molecule has 5 nitrogen and oxygen atoms in total. The van der Waals surface area contributed by atoms with Crippen LogP contribution in [0, 0.1) is 29.6 Å². The number of carbonyl (C=O) groups is 2. The van der Waals surface area contributed by atoms with Gasteiger partial charge in [0.05, 0.1) is 22.5 Å². The van der Waals surface area contributed by atoms with Crippen molar-refractivity contribution in [2.75, 3.05) is 4.90 Å². The van der Waals surface area contributed by atoms with E-state index in [1.807, 2.05) is 30.3 Å². The van der Waals surface area contributed by atoms with Gasteiger partial charge in [-0.05, 0) is 47.8 Å². The Bertz CT molecular complexity index is 1260. The third kappa shape index (κ3) is 2.36. The maximum atomic E-state index is 13.6. The molecule has 2 saturated carbocycles. The minimum absolute atomic E-state index is 0.0195. The Kier molecular flexibility index (Phi) is 3.82. The molecule has 2 bridgehead atoms. The first-order chi connectivity index (χ1) is 15.1. The van der Waals surface area contributed by atoms with Crippen molar-refractivity contribution in [3.05, 3.63) is 67.3 Å². The van der Waals surface area contributed by atoms with Crippen LogP contribution in [0.15, 0.2) is 57.7 Å². The summed E-state index contributed by atoms with van der Waals surface area (Å²) >= 11 is 4.77. The zero-order chi connectivity index (χ0) is 20.9. The number of fused-ring (bicyclic) bond motifs is 9. The number of anilines is 1. The number of nitrogens with zero attached hydrogens (tertiary/aromatic N) is 1. The standard InChI is InChI=1S/C23H18N2O3S3/c26-21-15-11-9-12(16(15)22(27)25(21)10-5-2-1-3-6-10)18-14(11)17(13-7-4-8-29-13)19-20(30-18)24-23(28)31-19/h1-8,11-12,14-18H,9H2,(H,24,28)/t11-,12-,14-,15-,16+,17+,18-/m1/s1. The largest absolute Gasteiger partial charge is 0.307 e. The number of hydrogen-bond donors (Lipinski definition) is 1. The summed E-state index contributed by atoms with van der Waals surface area (Å²) in [7, 11) is 0. The smallest absolute Gasteiger partial charge is 0.305 e. The van der Waals surface area contributed by atoms with Crippen LogP contribution in [0.25, 0.3) is 0 Å². The second kappa shape index (κ2) is 6.43. The Morgan fingerprint density at radius 3 is 2.45 bits per heavy atom. The van der Waals surface area contributed by atoms with E-state index in [2.05, 4.69) is 22.5 Å². The van der Waals surface area contributed by atoms with Crippen LogP contribution in [0.1, 0.15) is 22.1 Å². The molecule has 7 rings (SSSR count). The Hall–Kier alpha value is -2.16. The minimum atomic E-state index is -0.237. The topological polar surface area (TPSA) is 70.2 Å². The molecule has 4 heterocycles. The molecule has 1 aromatic carbocycles. The van der Waals surface area contributed by atoms with Gasteiger partial charge in [-0.2, -0.15) is 0 Å². The van der Waals surface area contributed by atoms with Crippen molar-refractivity contribution in [2.45, 2.75) is 22.6 Å². The maximum Gasteiger partial charge on any atom is 0.305 e. The Morgan fingerprint density at radius 2 is 1.71 bits per heavy atom. The molecular formula is C23H18N2O3S3. The highest BCUT2D eigenvalue weighted by atomic mass is 32.2. The van der Waals surface area contributed by atoms with E-state index in [0.29, 0.717) is 5.69 Å². The molecule has 0 unspecified atom stereocenters. The third-order valence-electron chi connectivity index (χ3n) is 7.59. The average Bonchev–Trinajstić information content (AvgIpc) is 3.56. The van der Waals surface area contributed by atoms with Crippen LogP contribution in [0.2, 0.25) is 0 Å². The van der Waals surface area contributed by atoms with Crippen molar-refractivity contribution >= 4 is 51.9 Å². The zero-order valence-corrected chi connectivity index (χ0v) is 18.7. The molecule has 0 spiro atoms. The molecule has 156 valence electrons. The van der Waals surface area contributed by atoms with E-state index < -0.39 is 0 Å². The monoisotopic (exact) mass is 466 g/mol. The molecule has 2 amide bonds. The van der Waals surface area contributed by atoms with Gasteiger partial charge >= 0.3 is 4.87 Å². The third-order valence-corrected chi connectivity index (χ3v) is 11.1. The Labute approximate surface area is 190 Å². The van der Waals surface area contributed by atoms with Gasteiger partial charge in [0.2, 0.25) is 11.8 Å². The van der Waals surface area contributed by atoms with Crippen LogP contribution in [0.4, 0.5) is 5.69 Å². The van der Waals surface area contributed by atoms with Gasteiger partial charge in [0.15, 0.2) is 0 Å². The first-order valence-electron chi connectivity index (χ1n) is 10.5. The summed E-state index contributed by atoms with van der Waals surface area (Å²) in [6.07, 6.45) is 0.929. The molecule has 0 radical (unpaired) electrons. The maximum absolute atomic E-state index is 13.6. The summed E-state index contributed by atoms with van der Waals surface area (Å²) in [5.74, 6) is 0.224. The highest BCUT2D eigenvalue weighted by molar-refractivity contribution is 8.00. The fourth-order valence-electron chi connectivity index (χ4n) is 6.64. The lowest BCUT2D eigenvalue weighted by Crippen LogP contribution is -2.42. The molecule has 1 N–H and O–H groups in total. The molecule has 2 aromatic heterocycles. The van der Waals surface area contributed by atoms with Crippen LogP contribution in [-0.2, 0) is 9.59 Å². The number of nitrogens with one attached hydrogen (secondary N) is 1. The number of aromatic nitrogens is 1. The number of H-pyrrole nitrogens is 1. The van der Waals surface area contributed by atoms with E-state index in [1.54, 1.807) is 23.1 Å². The van der Waals surface area contributed by atoms with Gasteiger partial charge in [-0.15, -0.1) is 23.1 Å². The van der Waals surface area contributed by atoms with Crippen molar-refractivity contribution in [3.8, 4) is 0 Å². The summed E-state index contributed by atoms with van der Waals surface area (Å²) in [6, 6.07) is 13.5. The highest BCUT2D eigenvalue weighted by Gasteiger charge is 2.69. The summed E-state index contributed by atoms with van der Waals surface area (Å²) in [5.41, 5.74) is 0.681. The van der Waals surface area contributed by atoms with Crippen LogP contribution in [0.3, 0.4) is 0 Å². The number of hydrogen-bond acceptors (Lipinski definition) is 6. The highest BCUT2D eigenvalue weighted by Crippen LogP contribution is 2.68. The van der Waals surface area contributed by atoms with Gasteiger partial charge in [0.1, 0.15) is 0 Å². The summed E-state index contributed by atoms with van der Waals surface area (Å²) in [5, 5.41) is 3.30. The van der Waals surface area contributed by atoms with Gasteiger partial charge in [-0.1, -0.05) is 35.6 Å². The van der Waals surface area contributed by atoms with E-state index in [4.69, 9.17) is 0 Å². The fourth-order valence-corrected chi connectivity index (χ4v) is 10.5. The molecule has 7 atom stereocenters. The fraction of sp³-hybridized carbons (Fsp3) is 0.348. The van der Waals surface area contributed by atoms with Crippen LogP contribution >= 0.6 is 34.4 Å². The lowest BCUT2D eigenvalue weighted by molar-refractivity contribution is -0.123. The van der Waals surface area contributed by atoms with Crippen LogP contribution in [-0.4, -0.2) is 22.0 Å². The number of amides is 2. The number of carbonyl (C=O) groups excluding carboxylic acids is 2. The van der Waals surface area contributed by atoms with E-state index in [9.17, 15) is 14.4 Å². The first-order valence-corrected chi connectivity index (χ1v) is 13.1. The zero-order valence-electron chi connectivity index (χ0n) is 16.3. The number of para-hydroxylation sites is 1. The lowest BCUT2D eigenvalue weighted by Gasteiger charge is -2.42. The first kappa shape index (κ1) is 18.4. The molecule has 2 aliphatic heterocycles. The summed E-state index contributed by atoms with van der Waals surface area (Å²) in [4.78, 5) is 46.1. The van der Waals surface area contributed by atoms with Crippen LogP contribution < -0.4 is 9.77 Å². The SMILES string of the molecule is O=C1[C@@H]2[C@@H]3C[C@@H]([C@H]4Sc5[nH]c(=O)sc5[C@@H](c5cccs5)[C@@H]34)[C@@H]2C(=O)N1c1ccccc1. The molecule has 1 saturated heterocycles. The van der Waals surface area contributed by atoms with Gasteiger partial charge in [-0.25, -0.2) is 0 Å². The van der Waals surface area contributed by atoms with E-state index >= 15 is 0 Å². The number of rotatable bonds is 2. The molecular weight excluding hydrogens is 448 g/mol.